The number of aryl methyl sites for hydroxylation is 1. The van der Waals surface area contributed by atoms with Crippen molar-refractivity contribution in [2.75, 3.05) is 6.54 Å². The molecule has 126 valence electrons. The van der Waals surface area contributed by atoms with E-state index in [1.54, 1.807) is 0 Å². The van der Waals surface area contributed by atoms with E-state index in [1.165, 1.54) is 16.8 Å². The minimum Gasteiger partial charge on any atom is -0.294 e. The zero-order chi connectivity index (χ0) is 17.2. The van der Waals surface area contributed by atoms with Gasteiger partial charge in [0.1, 0.15) is 5.82 Å². The SMILES string of the molecule is Cc1ncc2c(n1)CCN(Cc1ccc(-c3ccc(Br)cc3)nc1)C2. The number of fused-ring (bicyclic) bond motifs is 1. The summed E-state index contributed by atoms with van der Waals surface area (Å²) in [6.45, 7) is 4.79. The van der Waals surface area contributed by atoms with Gasteiger partial charge < -0.3 is 0 Å². The highest BCUT2D eigenvalue weighted by Gasteiger charge is 2.18. The van der Waals surface area contributed by atoms with E-state index in [0.717, 1.165) is 47.6 Å². The molecule has 0 saturated carbocycles. The number of hydrogen-bond acceptors (Lipinski definition) is 4. The molecule has 0 N–H and O–H groups in total. The fourth-order valence-corrected chi connectivity index (χ4v) is 3.44. The highest BCUT2D eigenvalue weighted by molar-refractivity contribution is 9.10. The molecule has 2 aromatic heterocycles. The Morgan fingerprint density at radius 3 is 2.64 bits per heavy atom. The molecule has 0 radical (unpaired) electrons. The topological polar surface area (TPSA) is 41.9 Å². The van der Waals surface area contributed by atoms with Crippen molar-refractivity contribution in [2.45, 2.75) is 26.4 Å². The van der Waals surface area contributed by atoms with Crippen molar-refractivity contribution < 1.29 is 0 Å². The molecule has 0 unspecified atom stereocenters. The van der Waals surface area contributed by atoms with Crippen LogP contribution >= 0.6 is 15.9 Å². The van der Waals surface area contributed by atoms with Gasteiger partial charge in [-0.2, -0.15) is 0 Å². The molecule has 1 aliphatic heterocycles. The highest BCUT2D eigenvalue weighted by atomic mass is 79.9. The van der Waals surface area contributed by atoms with Crippen LogP contribution in [0.1, 0.15) is 22.6 Å². The summed E-state index contributed by atoms with van der Waals surface area (Å²) in [4.78, 5) is 15.9. The second-order valence-electron chi connectivity index (χ2n) is 6.41. The number of aromatic nitrogens is 3. The molecule has 5 heteroatoms. The van der Waals surface area contributed by atoms with E-state index in [9.17, 15) is 0 Å². The van der Waals surface area contributed by atoms with Crippen LogP contribution in [0, 0.1) is 6.92 Å². The number of benzene rings is 1. The number of hydrogen-bond donors (Lipinski definition) is 0. The van der Waals surface area contributed by atoms with Gasteiger partial charge in [-0.1, -0.05) is 34.1 Å². The van der Waals surface area contributed by atoms with Crippen LogP contribution in [0.3, 0.4) is 0 Å². The number of halogens is 1. The molecule has 25 heavy (non-hydrogen) atoms. The molecule has 0 fully saturated rings. The van der Waals surface area contributed by atoms with Crippen LogP contribution in [0.5, 0.6) is 0 Å². The fourth-order valence-electron chi connectivity index (χ4n) is 3.18. The van der Waals surface area contributed by atoms with Crippen molar-refractivity contribution in [1.29, 1.82) is 0 Å². The van der Waals surface area contributed by atoms with Gasteiger partial charge in [0.25, 0.3) is 0 Å². The Morgan fingerprint density at radius 1 is 1.04 bits per heavy atom. The van der Waals surface area contributed by atoms with Crippen LogP contribution in [0.2, 0.25) is 0 Å². The number of rotatable bonds is 3. The van der Waals surface area contributed by atoms with E-state index in [0.29, 0.717) is 0 Å². The monoisotopic (exact) mass is 394 g/mol. The third-order valence-corrected chi connectivity index (χ3v) is 5.03. The van der Waals surface area contributed by atoms with Crippen molar-refractivity contribution in [1.82, 2.24) is 19.9 Å². The molecule has 0 bridgehead atoms. The lowest BCUT2D eigenvalue weighted by molar-refractivity contribution is 0.242. The summed E-state index contributed by atoms with van der Waals surface area (Å²) in [5, 5.41) is 0. The van der Waals surface area contributed by atoms with Crippen molar-refractivity contribution in [2.24, 2.45) is 0 Å². The minimum atomic E-state index is 0.861. The average molecular weight is 395 g/mol. The summed E-state index contributed by atoms with van der Waals surface area (Å²) in [5.74, 6) is 0.861. The van der Waals surface area contributed by atoms with Crippen LogP contribution in [-0.2, 0) is 19.5 Å². The molecular weight excluding hydrogens is 376 g/mol. The summed E-state index contributed by atoms with van der Waals surface area (Å²) in [6, 6.07) is 12.5. The van der Waals surface area contributed by atoms with Gasteiger partial charge in [-0.3, -0.25) is 9.88 Å². The summed E-state index contributed by atoms with van der Waals surface area (Å²) in [6.07, 6.45) is 4.94. The van der Waals surface area contributed by atoms with E-state index in [-0.39, 0.29) is 0 Å². The zero-order valence-corrected chi connectivity index (χ0v) is 15.7. The first kappa shape index (κ1) is 16.4. The van der Waals surface area contributed by atoms with E-state index in [1.807, 2.05) is 31.5 Å². The smallest absolute Gasteiger partial charge is 0.125 e. The zero-order valence-electron chi connectivity index (χ0n) is 14.1. The van der Waals surface area contributed by atoms with Gasteiger partial charge in [0.2, 0.25) is 0 Å². The minimum absolute atomic E-state index is 0.861. The van der Waals surface area contributed by atoms with E-state index in [4.69, 9.17) is 0 Å². The predicted molar refractivity (Wildman–Crippen MR) is 102 cm³/mol. The van der Waals surface area contributed by atoms with Crippen LogP contribution in [0.4, 0.5) is 0 Å². The van der Waals surface area contributed by atoms with Crippen LogP contribution in [0.15, 0.2) is 53.3 Å². The molecule has 0 spiro atoms. The molecule has 3 aromatic rings. The Labute approximate surface area is 156 Å². The molecule has 1 aliphatic rings. The average Bonchev–Trinajstić information content (AvgIpc) is 2.63. The summed E-state index contributed by atoms with van der Waals surface area (Å²) < 4.78 is 1.08. The Bertz CT molecular complexity index is 875. The molecule has 3 heterocycles. The summed E-state index contributed by atoms with van der Waals surface area (Å²) >= 11 is 3.47. The van der Waals surface area contributed by atoms with Gasteiger partial charge in [0, 0.05) is 59.7 Å². The molecule has 0 atom stereocenters. The third-order valence-electron chi connectivity index (χ3n) is 4.50. The summed E-state index contributed by atoms with van der Waals surface area (Å²) in [5.41, 5.74) is 5.82. The molecule has 0 saturated heterocycles. The first-order valence-corrected chi connectivity index (χ1v) is 9.21. The second-order valence-corrected chi connectivity index (χ2v) is 7.32. The molecule has 0 aliphatic carbocycles. The first-order valence-electron chi connectivity index (χ1n) is 8.42. The van der Waals surface area contributed by atoms with E-state index >= 15 is 0 Å². The molecule has 1 aromatic carbocycles. The maximum Gasteiger partial charge on any atom is 0.125 e. The van der Waals surface area contributed by atoms with Crippen LogP contribution in [0.25, 0.3) is 11.3 Å². The van der Waals surface area contributed by atoms with Crippen LogP contribution in [-0.4, -0.2) is 26.4 Å². The molecular formula is C20H19BrN4. The van der Waals surface area contributed by atoms with Crippen LogP contribution < -0.4 is 0 Å². The third kappa shape index (κ3) is 3.78. The highest BCUT2D eigenvalue weighted by Crippen LogP contribution is 2.22. The van der Waals surface area contributed by atoms with Gasteiger partial charge >= 0.3 is 0 Å². The largest absolute Gasteiger partial charge is 0.294 e. The van der Waals surface area contributed by atoms with Gasteiger partial charge in [-0.15, -0.1) is 0 Å². The lowest BCUT2D eigenvalue weighted by atomic mass is 10.1. The lowest BCUT2D eigenvalue weighted by Gasteiger charge is -2.27. The van der Waals surface area contributed by atoms with Gasteiger partial charge in [-0.05, 0) is 30.7 Å². The molecule has 4 nitrogen and oxygen atoms in total. The molecule has 4 rings (SSSR count). The Hall–Kier alpha value is -2.11. The normalized spacial score (nSPS) is 14.3. The maximum absolute atomic E-state index is 4.63. The first-order chi connectivity index (χ1) is 12.2. The standard InChI is InChI=1S/C20H19BrN4/c1-14-22-11-17-13-25(9-8-20(17)24-14)12-15-2-7-19(23-10-15)16-3-5-18(21)6-4-16/h2-7,10-11H,8-9,12-13H2,1H3. The Kier molecular flexibility index (Phi) is 4.59. The van der Waals surface area contributed by atoms with E-state index in [2.05, 4.69) is 60.0 Å². The second kappa shape index (κ2) is 7.02. The number of pyridine rings is 1. The predicted octanol–water partition coefficient (Wildman–Crippen LogP) is 4.17. The maximum atomic E-state index is 4.63. The Morgan fingerprint density at radius 2 is 1.88 bits per heavy atom. The van der Waals surface area contributed by atoms with Crippen molar-refractivity contribution in [3.63, 3.8) is 0 Å². The van der Waals surface area contributed by atoms with Crippen molar-refractivity contribution in [3.05, 3.63) is 75.9 Å². The number of nitrogens with zero attached hydrogens (tertiary/aromatic N) is 4. The van der Waals surface area contributed by atoms with Gasteiger partial charge in [0.15, 0.2) is 0 Å². The van der Waals surface area contributed by atoms with Crippen molar-refractivity contribution >= 4 is 15.9 Å². The Balaban J connectivity index is 1.45. The fraction of sp³-hybridized carbons (Fsp3) is 0.250. The summed E-state index contributed by atoms with van der Waals surface area (Å²) in [7, 11) is 0. The van der Waals surface area contributed by atoms with Gasteiger partial charge in [0.05, 0.1) is 5.69 Å². The lowest BCUT2D eigenvalue weighted by Crippen LogP contribution is -2.31. The van der Waals surface area contributed by atoms with E-state index < -0.39 is 0 Å². The quantitative estimate of drug-likeness (QED) is 0.668. The van der Waals surface area contributed by atoms with Crippen molar-refractivity contribution in [3.8, 4) is 11.3 Å². The van der Waals surface area contributed by atoms with Gasteiger partial charge in [-0.25, -0.2) is 9.97 Å². The molecule has 0 amide bonds.